The third-order valence-corrected chi connectivity index (χ3v) is 3.13. The highest BCUT2D eigenvalue weighted by Crippen LogP contribution is 2.18. The van der Waals surface area contributed by atoms with Gasteiger partial charge in [-0.3, -0.25) is 4.57 Å². The lowest BCUT2D eigenvalue weighted by Gasteiger charge is -2.03. The first-order valence-electron chi connectivity index (χ1n) is 4.89. The number of nitrogen functional groups attached to an aromatic ring is 1. The summed E-state index contributed by atoms with van der Waals surface area (Å²) in [4.78, 5) is 0. The van der Waals surface area contributed by atoms with E-state index in [0.717, 1.165) is 16.8 Å². The molecule has 0 atom stereocenters. The van der Waals surface area contributed by atoms with Gasteiger partial charge in [-0.1, -0.05) is 32.0 Å². The number of nitrogens with two attached hydrogens (primary N) is 1. The predicted octanol–water partition coefficient (Wildman–Crippen LogP) is 1.93. The van der Waals surface area contributed by atoms with E-state index in [1.807, 2.05) is 11.6 Å². The molecular weight excluding hydrogens is 196 g/mol. The molecule has 0 saturated carbocycles. The van der Waals surface area contributed by atoms with Crippen LogP contribution in [0.25, 0.3) is 0 Å². The molecule has 0 aliphatic carbocycles. The standard InChI is InChI=1S/C9H18N4S/c1-7(2)5-4-6-14-9-12-11-8(10)13(9)3/h7H,4-6H2,1-3H3,(H2,10,11). The zero-order chi connectivity index (χ0) is 10.6. The molecule has 4 nitrogen and oxygen atoms in total. The molecule has 1 aromatic heterocycles. The van der Waals surface area contributed by atoms with Crippen LogP contribution in [0.2, 0.25) is 0 Å². The molecule has 0 spiro atoms. The van der Waals surface area contributed by atoms with Crippen molar-refractivity contribution in [1.29, 1.82) is 0 Å². The number of aromatic nitrogens is 3. The Balaban J connectivity index is 2.28. The largest absolute Gasteiger partial charge is 0.368 e. The van der Waals surface area contributed by atoms with E-state index in [4.69, 9.17) is 5.73 Å². The molecule has 0 radical (unpaired) electrons. The van der Waals surface area contributed by atoms with Gasteiger partial charge in [0.2, 0.25) is 5.95 Å². The highest BCUT2D eigenvalue weighted by Gasteiger charge is 2.05. The van der Waals surface area contributed by atoms with Crippen LogP contribution in [0.3, 0.4) is 0 Å². The second-order valence-electron chi connectivity index (χ2n) is 3.78. The zero-order valence-corrected chi connectivity index (χ0v) is 9.84. The van der Waals surface area contributed by atoms with E-state index in [-0.39, 0.29) is 0 Å². The number of hydrogen-bond donors (Lipinski definition) is 1. The maximum absolute atomic E-state index is 5.57. The summed E-state index contributed by atoms with van der Waals surface area (Å²) in [5.41, 5.74) is 5.57. The molecule has 14 heavy (non-hydrogen) atoms. The van der Waals surface area contributed by atoms with Gasteiger partial charge in [-0.25, -0.2) is 0 Å². The molecule has 1 rings (SSSR count). The molecule has 0 amide bonds. The van der Waals surface area contributed by atoms with Crippen molar-refractivity contribution in [2.75, 3.05) is 11.5 Å². The van der Waals surface area contributed by atoms with Gasteiger partial charge in [-0.2, -0.15) is 0 Å². The minimum absolute atomic E-state index is 0.483. The van der Waals surface area contributed by atoms with Gasteiger partial charge >= 0.3 is 0 Å². The van der Waals surface area contributed by atoms with Gasteiger partial charge in [0.1, 0.15) is 0 Å². The molecule has 1 heterocycles. The summed E-state index contributed by atoms with van der Waals surface area (Å²) < 4.78 is 1.82. The van der Waals surface area contributed by atoms with E-state index in [9.17, 15) is 0 Å². The summed E-state index contributed by atoms with van der Waals surface area (Å²) in [5.74, 6) is 2.35. The molecule has 5 heteroatoms. The Labute approximate surface area is 89.3 Å². The van der Waals surface area contributed by atoms with Crippen LogP contribution < -0.4 is 5.73 Å². The molecule has 80 valence electrons. The second kappa shape index (κ2) is 5.24. The monoisotopic (exact) mass is 214 g/mol. The summed E-state index contributed by atoms with van der Waals surface area (Å²) >= 11 is 1.72. The lowest BCUT2D eigenvalue weighted by atomic mass is 10.1. The van der Waals surface area contributed by atoms with Gasteiger partial charge in [0.25, 0.3) is 0 Å². The van der Waals surface area contributed by atoms with Crippen molar-refractivity contribution >= 4 is 17.7 Å². The van der Waals surface area contributed by atoms with Crippen LogP contribution in [0.4, 0.5) is 5.95 Å². The van der Waals surface area contributed by atoms with Gasteiger partial charge in [0.05, 0.1) is 0 Å². The summed E-state index contributed by atoms with van der Waals surface area (Å²) in [6.07, 6.45) is 2.48. The molecule has 0 aliphatic heterocycles. The van der Waals surface area contributed by atoms with Gasteiger partial charge in [-0.05, 0) is 12.3 Å². The quantitative estimate of drug-likeness (QED) is 0.601. The van der Waals surface area contributed by atoms with Gasteiger partial charge in [0.15, 0.2) is 5.16 Å². The van der Waals surface area contributed by atoms with Gasteiger partial charge in [-0.15, -0.1) is 10.2 Å². The molecule has 0 aromatic carbocycles. The molecule has 0 unspecified atom stereocenters. The fourth-order valence-electron chi connectivity index (χ4n) is 1.11. The van der Waals surface area contributed by atoms with Crippen molar-refractivity contribution in [3.05, 3.63) is 0 Å². The van der Waals surface area contributed by atoms with Crippen LogP contribution in [0, 0.1) is 5.92 Å². The number of thioether (sulfide) groups is 1. The SMILES string of the molecule is CC(C)CCCSc1nnc(N)n1C. The highest BCUT2D eigenvalue weighted by molar-refractivity contribution is 7.99. The zero-order valence-electron chi connectivity index (χ0n) is 9.03. The third kappa shape index (κ3) is 3.21. The van der Waals surface area contributed by atoms with Crippen molar-refractivity contribution < 1.29 is 0 Å². The summed E-state index contributed by atoms with van der Waals surface area (Å²) in [7, 11) is 1.89. The number of hydrogen-bond acceptors (Lipinski definition) is 4. The number of rotatable bonds is 5. The molecule has 1 aromatic rings. The van der Waals surface area contributed by atoms with Gasteiger partial charge < -0.3 is 5.73 Å². The molecular formula is C9H18N4S. The molecule has 0 aliphatic rings. The second-order valence-corrected chi connectivity index (χ2v) is 4.85. The third-order valence-electron chi connectivity index (χ3n) is 2.03. The Morgan fingerprint density at radius 3 is 2.64 bits per heavy atom. The van der Waals surface area contributed by atoms with Crippen LogP contribution in [0.15, 0.2) is 5.16 Å². The van der Waals surface area contributed by atoms with E-state index in [0.29, 0.717) is 5.95 Å². The average Bonchev–Trinajstić information content (AvgIpc) is 2.43. The molecule has 2 N–H and O–H groups in total. The molecule has 0 bridgehead atoms. The first-order valence-corrected chi connectivity index (χ1v) is 5.87. The van der Waals surface area contributed by atoms with E-state index < -0.39 is 0 Å². The van der Waals surface area contributed by atoms with Crippen molar-refractivity contribution in [3.63, 3.8) is 0 Å². The summed E-state index contributed by atoms with van der Waals surface area (Å²) in [5, 5.41) is 8.69. The Kier molecular flexibility index (Phi) is 4.25. The first-order chi connectivity index (χ1) is 6.61. The van der Waals surface area contributed by atoms with E-state index in [2.05, 4.69) is 24.0 Å². The minimum Gasteiger partial charge on any atom is -0.368 e. The smallest absolute Gasteiger partial charge is 0.222 e. The Bertz CT molecular complexity index is 282. The van der Waals surface area contributed by atoms with Crippen LogP contribution >= 0.6 is 11.8 Å². The topological polar surface area (TPSA) is 56.7 Å². The first kappa shape index (κ1) is 11.4. The molecule has 0 saturated heterocycles. The van der Waals surface area contributed by atoms with Crippen molar-refractivity contribution in [2.24, 2.45) is 13.0 Å². The van der Waals surface area contributed by atoms with Crippen LogP contribution in [-0.4, -0.2) is 20.5 Å². The van der Waals surface area contributed by atoms with Crippen molar-refractivity contribution in [1.82, 2.24) is 14.8 Å². The van der Waals surface area contributed by atoms with E-state index in [1.54, 1.807) is 11.8 Å². The highest BCUT2D eigenvalue weighted by atomic mass is 32.2. The Morgan fingerprint density at radius 2 is 2.14 bits per heavy atom. The van der Waals surface area contributed by atoms with E-state index in [1.165, 1.54) is 12.8 Å². The minimum atomic E-state index is 0.483. The normalized spacial score (nSPS) is 11.1. The number of nitrogens with zero attached hydrogens (tertiary/aromatic N) is 3. The predicted molar refractivity (Wildman–Crippen MR) is 60.2 cm³/mol. The Hall–Kier alpha value is -0.710. The summed E-state index contributed by atoms with van der Waals surface area (Å²) in [6, 6.07) is 0. The summed E-state index contributed by atoms with van der Waals surface area (Å²) in [6.45, 7) is 4.48. The van der Waals surface area contributed by atoms with Crippen LogP contribution in [0.1, 0.15) is 26.7 Å². The van der Waals surface area contributed by atoms with Crippen molar-refractivity contribution in [3.8, 4) is 0 Å². The fourth-order valence-corrected chi connectivity index (χ4v) is 1.99. The van der Waals surface area contributed by atoms with Crippen LogP contribution in [-0.2, 0) is 7.05 Å². The van der Waals surface area contributed by atoms with Crippen molar-refractivity contribution in [2.45, 2.75) is 31.8 Å². The maximum Gasteiger partial charge on any atom is 0.222 e. The average molecular weight is 214 g/mol. The molecule has 0 fully saturated rings. The lowest BCUT2D eigenvalue weighted by Crippen LogP contribution is -1.98. The van der Waals surface area contributed by atoms with Gasteiger partial charge in [0, 0.05) is 12.8 Å². The Morgan fingerprint density at radius 1 is 1.43 bits per heavy atom. The fraction of sp³-hybridized carbons (Fsp3) is 0.778. The lowest BCUT2D eigenvalue weighted by molar-refractivity contribution is 0.579. The van der Waals surface area contributed by atoms with E-state index >= 15 is 0 Å². The van der Waals surface area contributed by atoms with Crippen LogP contribution in [0.5, 0.6) is 0 Å². The maximum atomic E-state index is 5.57. The number of anilines is 1.